The second-order valence-corrected chi connectivity index (χ2v) is 13.4. The summed E-state index contributed by atoms with van der Waals surface area (Å²) in [6.45, 7) is 2.32. The lowest BCUT2D eigenvalue weighted by Crippen LogP contribution is -2.32. The van der Waals surface area contributed by atoms with Crippen LogP contribution in [0.4, 0.5) is 0 Å². The van der Waals surface area contributed by atoms with Crippen molar-refractivity contribution in [3.05, 3.63) is 152 Å². The number of benzene rings is 5. The van der Waals surface area contributed by atoms with Gasteiger partial charge in [0.15, 0.2) is 0 Å². The molecule has 0 aromatic heterocycles. The summed E-state index contributed by atoms with van der Waals surface area (Å²) in [5.41, 5.74) is 0. The first-order valence-corrected chi connectivity index (χ1v) is 15.8. The highest BCUT2D eigenvalue weighted by molar-refractivity contribution is 7.95. The zero-order valence-electron chi connectivity index (χ0n) is 21.2. The van der Waals surface area contributed by atoms with Gasteiger partial charge in [0, 0.05) is 0 Å². The van der Waals surface area contributed by atoms with Crippen LogP contribution in [0.2, 0.25) is 0 Å². The van der Waals surface area contributed by atoms with Gasteiger partial charge >= 0.3 is 7.82 Å². The molecule has 0 aliphatic heterocycles. The fourth-order valence-electron chi connectivity index (χ4n) is 4.28. The number of para-hydroxylation sites is 2. The van der Waals surface area contributed by atoms with Crippen LogP contribution >= 0.6 is 15.1 Å². The summed E-state index contributed by atoms with van der Waals surface area (Å²) in [4.78, 5) is 11.6. The van der Waals surface area contributed by atoms with Crippen molar-refractivity contribution < 1.29 is 18.5 Å². The van der Waals surface area contributed by atoms with E-state index in [1.54, 1.807) is 60.7 Å². The molecule has 5 aromatic rings. The van der Waals surface area contributed by atoms with Crippen LogP contribution in [-0.2, 0) is 4.57 Å². The second kappa shape index (κ2) is 13.2. The number of hydrogen-bond donors (Lipinski definition) is 0. The molecule has 0 N–H and O–H groups in total. The van der Waals surface area contributed by atoms with Gasteiger partial charge in [0.2, 0.25) is 0 Å². The number of rotatable bonds is 8. The maximum Gasteiger partial charge on any atom is 0.372 e. The minimum Gasteiger partial charge on any atom is -0.736 e. The molecule has 6 heteroatoms. The largest absolute Gasteiger partial charge is 0.736 e. The van der Waals surface area contributed by atoms with Gasteiger partial charge in [-0.05, 0) is 67.6 Å². The predicted molar refractivity (Wildman–Crippen MR) is 157 cm³/mol. The van der Waals surface area contributed by atoms with Crippen LogP contribution in [0.1, 0.15) is 6.92 Å². The highest BCUT2D eigenvalue weighted by atomic mass is 31.2. The molecule has 0 aliphatic rings. The van der Waals surface area contributed by atoms with Crippen molar-refractivity contribution in [2.45, 2.75) is 6.92 Å². The lowest BCUT2D eigenvalue weighted by Gasteiger charge is -2.26. The van der Waals surface area contributed by atoms with Crippen LogP contribution in [0.3, 0.4) is 0 Å². The molecule has 0 saturated carbocycles. The molecule has 0 radical (unpaired) electrons. The smallest absolute Gasteiger partial charge is 0.372 e. The van der Waals surface area contributed by atoms with Gasteiger partial charge in [0.1, 0.15) is 34.7 Å². The zero-order valence-corrected chi connectivity index (χ0v) is 23.0. The molecule has 0 saturated heterocycles. The number of hydrogen-bond acceptors (Lipinski definition) is 4. The van der Waals surface area contributed by atoms with E-state index < -0.39 is 15.1 Å². The molecule has 38 heavy (non-hydrogen) atoms. The average Bonchev–Trinajstić information content (AvgIpc) is 2.96. The van der Waals surface area contributed by atoms with Gasteiger partial charge in [-0.2, -0.15) is 0 Å². The van der Waals surface area contributed by atoms with E-state index in [4.69, 9.17) is 9.05 Å². The van der Waals surface area contributed by atoms with E-state index in [0.717, 1.165) is 6.16 Å². The SMILES string of the molecule is CC[P+](c1ccccc1)(c1ccccc1)c1ccccc1.O=P([O-])(Oc1ccccc1)Oc1ccccc1. The van der Waals surface area contributed by atoms with Crippen molar-refractivity contribution in [1.82, 2.24) is 0 Å². The summed E-state index contributed by atoms with van der Waals surface area (Å²) in [7, 11) is -5.92. The van der Waals surface area contributed by atoms with E-state index >= 15 is 0 Å². The molecule has 0 fully saturated rings. The molecule has 192 valence electrons. The fraction of sp³-hybridized carbons (Fsp3) is 0.0625. The lowest BCUT2D eigenvalue weighted by atomic mass is 10.3. The second-order valence-electron chi connectivity index (χ2n) is 8.39. The summed E-state index contributed by atoms with van der Waals surface area (Å²) in [6.07, 6.45) is 1.14. The van der Waals surface area contributed by atoms with E-state index in [1.807, 2.05) is 0 Å². The number of phosphoric ester groups is 1. The van der Waals surface area contributed by atoms with E-state index in [0.29, 0.717) is 0 Å². The minimum absolute atomic E-state index is 0.224. The summed E-state index contributed by atoms with van der Waals surface area (Å²) in [5.74, 6) is 0.448. The van der Waals surface area contributed by atoms with Crippen LogP contribution in [-0.4, -0.2) is 6.16 Å². The third-order valence-corrected chi connectivity index (χ3v) is 11.3. The first-order chi connectivity index (χ1) is 18.5. The topological polar surface area (TPSA) is 58.6 Å². The van der Waals surface area contributed by atoms with Crippen LogP contribution in [0.15, 0.2) is 152 Å². The molecule has 5 aromatic carbocycles. The molecule has 5 rings (SSSR count). The van der Waals surface area contributed by atoms with Crippen LogP contribution in [0.5, 0.6) is 11.5 Å². The Balaban J connectivity index is 0.000000181. The van der Waals surface area contributed by atoms with Gasteiger partial charge in [-0.25, -0.2) is 4.57 Å². The molecule has 0 bridgehead atoms. The molecule has 0 unspecified atom stereocenters. The molecule has 0 aliphatic carbocycles. The minimum atomic E-state index is -4.39. The molecule has 0 amide bonds. The molecule has 0 spiro atoms. The Morgan fingerprint density at radius 1 is 0.526 bits per heavy atom. The Morgan fingerprint density at radius 3 is 1.05 bits per heavy atom. The quantitative estimate of drug-likeness (QED) is 0.208. The maximum atomic E-state index is 11.6. The van der Waals surface area contributed by atoms with Crippen molar-refractivity contribution in [3.8, 4) is 11.5 Å². The molecular weight excluding hydrogens is 510 g/mol. The van der Waals surface area contributed by atoms with Gasteiger partial charge in [0.25, 0.3) is 0 Å². The Morgan fingerprint density at radius 2 is 0.789 bits per heavy atom. The summed E-state index contributed by atoms with van der Waals surface area (Å²) < 4.78 is 21.1. The third kappa shape index (κ3) is 7.00. The lowest BCUT2D eigenvalue weighted by molar-refractivity contribution is -0.208. The Kier molecular flexibility index (Phi) is 9.51. The van der Waals surface area contributed by atoms with Crippen LogP contribution in [0, 0.1) is 0 Å². The maximum absolute atomic E-state index is 11.6. The third-order valence-electron chi connectivity index (χ3n) is 5.99. The van der Waals surface area contributed by atoms with Crippen molar-refractivity contribution >= 4 is 31.0 Å². The molecule has 0 heterocycles. The van der Waals surface area contributed by atoms with Gasteiger partial charge in [-0.15, -0.1) is 0 Å². The summed E-state index contributed by atoms with van der Waals surface area (Å²) >= 11 is 0. The van der Waals surface area contributed by atoms with Crippen molar-refractivity contribution in [2.24, 2.45) is 0 Å². The standard InChI is InChI=1S/C20H20P.C12H11O4P/c1-2-21(18-12-6-3-7-13-18,19-14-8-4-9-15-19)20-16-10-5-11-17-20;13-17(14,15-11-7-3-1-4-8-11)16-12-9-5-2-6-10-12/h3-17H,2H2,1H3;1-10H,(H,13,14)/q+1;/p-1. The van der Waals surface area contributed by atoms with Gasteiger partial charge < -0.3 is 13.9 Å². The van der Waals surface area contributed by atoms with Crippen LogP contribution in [0.25, 0.3) is 0 Å². The van der Waals surface area contributed by atoms with Gasteiger partial charge in [-0.3, -0.25) is 0 Å². The van der Waals surface area contributed by atoms with Crippen LogP contribution < -0.4 is 29.9 Å². The van der Waals surface area contributed by atoms with E-state index in [1.165, 1.54) is 15.9 Å². The van der Waals surface area contributed by atoms with Crippen molar-refractivity contribution in [1.29, 1.82) is 0 Å². The number of phosphoric acid groups is 1. The molecular formula is C32H30O4P2. The monoisotopic (exact) mass is 540 g/mol. The Hall–Kier alpha value is -3.68. The van der Waals surface area contributed by atoms with Gasteiger partial charge in [0.05, 0.1) is 6.16 Å². The predicted octanol–water partition coefficient (Wildman–Crippen LogP) is 6.61. The average molecular weight is 541 g/mol. The zero-order chi connectivity index (χ0) is 26.7. The first-order valence-electron chi connectivity index (χ1n) is 12.4. The highest BCUT2D eigenvalue weighted by Gasteiger charge is 2.43. The van der Waals surface area contributed by atoms with Crippen molar-refractivity contribution in [2.75, 3.05) is 6.16 Å². The first kappa shape index (κ1) is 27.4. The molecule has 0 atom stereocenters. The van der Waals surface area contributed by atoms with E-state index in [-0.39, 0.29) is 11.5 Å². The normalized spacial score (nSPS) is 11.1. The Bertz CT molecular complexity index is 1270. The van der Waals surface area contributed by atoms with E-state index in [2.05, 4.69) is 97.9 Å². The highest BCUT2D eigenvalue weighted by Crippen LogP contribution is 2.54. The molecule has 4 nitrogen and oxygen atoms in total. The van der Waals surface area contributed by atoms with E-state index in [9.17, 15) is 9.46 Å². The Labute approximate surface area is 225 Å². The fourth-order valence-corrected chi connectivity index (χ4v) is 9.11. The van der Waals surface area contributed by atoms with Crippen molar-refractivity contribution in [3.63, 3.8) is 0 Å². The summed E-state index contributed by atoms with van der Waals surface area (Å²) in [5, 5.41) is 4.39. The van der Waals surface area contributed by atoms with Gasteiger partial charge in [-0.1, -0.05) is 91.0 Å². The summed E-state index contributed by atoms with van der Waals surface area (Å²) in [6, 6.07) is 49.4.